The van der Waals surface area contributed by atoms with Crippen molar-refractivity contribution < 1.29 is 0 Å². The molecular weight excluding hydrogens is 196 g/mol. The van der Waals surface area contributed by atoms with E-state index in [9.17, 15) is 0 Å². The number of nitrogens with zero attached hydrogens (tertiary/aromatic N) is 1. The van der Waals surface area contributed by atoms with Gasteiger partial charge in [-0.2, -0.15) is 0 Å². The fourth-order valence-corrected chi connectivity index (χ4v) is 2.63. The van der Waals surface area contributed by atoms with E-state index in [-0.39, 0.29) is 0 Å². The molecule has 0 spiro atoms. The molecule has 2 rings (SSSR count). The van der Waals surface area contributed by atoms with E-state index in [4.69, 9.17) is 0 Å². The van der Waals surface area contributed by atoms with Crippen molar-refractivity contribution in [2.45, 2.75) is 64.5 Å². The molecular formula is C14H28N2. The molecule has 2 heteroatoms. The molecule has 2 nitrogen and oxygen atoms in total. The average Bonchev–Trinajstić information content (AvgIpc) is 3.15. The van der Waals surface area contributed by atoms with Gasteiger partial charge in [-0.3, -0.25) is 4.90 Å². The Kier molecular flexibility index (Phi) is 4.66. The van der Waals surface area contributed by atoms with Gasteiger partial charge in [-0.1, -0.05) is 20.3 Å². The highest BCUT2D eigenvalue weighted by Crippen LogP contribution is 2.36. The topological polar surface area (TPSA) is 15.3 Å². The first kappa shape index (κ1) is 12.4. The van der Waals surface area contributed by atoms with Gasteiger partial charge in [0, 0.05) is 25.2 Å². The smallest absolute Gasteiger partial charge is 0.0223 e. The number of hydrogen-bond donors (Lipinski definition) is 1. The van der Waals surface area contributed by atoms with Crippen molar-refractivity contribution in [3.05, 3.63) is 0 Å². The zero-order valence-corrected chi connectivity index (χ0v) is 11.0. The summed E-state index contributed by atoms with van der Waals surface area (Å²) in [5.41, 5.74) is 0. The van der Waals surface area contributed by atoms with Crippen molar-refractivity contribution in [3.63, 3.8) is 0 Å². The van der Waals surface area contributed by atoms with Crippen molar-refractivity contribution >= 4 is 0 Å². The van der Waals surface area contributed by atoms with Crippen LogP contribution in [0.5, 0.6) is 0 Å². The van der Waals surface area contributed by atoms with Crippen LogP contribution < -0.4 is 5.32 Å². The summed E-state index contributed by atoms with van der Waals surface area (Å²) in [6.45, 7) is 8.24. The third-order valence-electron chi connectivity index (χ3n) is 3.90. The maximum Gasteiger partial charge on any atom is 0.0223 e. The number of nitrogens with one attached hydrogen (secondary N) is 1. The maximum atomic E-state index is 3.55. The Morgan fingerprint density at radius 2 is 1.94 bits per heavy atom. The molecule has 16 heavy (non-hydrogen) atoms. The minimum atomic E-state index is 0.804. The van der Waals surface area contributed by atoms with E-state index < -0.39 is 0 Å². The van der Waals surface area contributed by atoms with Crippen molar-refractivity contribution in [2.24, 2.45) is 5.92 Å². The van der Waals surface area contributed by atoms with Crippen LogP contribution in [0.2, 0.25) is 0 Å². The highest BCUT2D eigenvalue weighted by molar-refractivity contribution is 4.92. The summed E-state index contributed by atoms with van der Waals surface area (Å²) in [4.78, 5) is 2.84. The Labute approximate surface area is 101 Å². The zero-order valence-electron chi connectivity index (χ0n) is 11.0. The van der Waals surface area contributed by atoms with Gasteiger partial charge in [0.2, 0.25) is 0 Å². The molecule has 0 amide bonds. The number of hydrogen-bond acceptors (Lipinski definition) is 2. The standard InChI is InChI=1S/C14H28N2/c1-3-5-14(10-15-4-2)16(13-8-9-13)11-12-6-7-12/h12-15H,3-11H2,1-2H3. The van der Waals surface area contributed by atoms with Gasteiger partial charge in [-0.25, -0.2) is 0 Å². The second-order valence-electron chi connectivity index (χ2n) is 5.62. The molecule has 0 aliphatic heterocycles. The van der Waals surface area contributed by atoms with E-state index in [1.54, 1.807) is 0 Å². The molecule has 1 atom stereocenters. The molecule has 2 fully saturated rings. The predicted octanol–water partition coefficient (Wildman–Crippen LogP) is 2.64. The molecule has 0 radical (unpaired) electrons. The van der Waals surface area contributed by atoms with Gasteiger partial charge in [0.1, 0.15) is 0 Å². The first-order chi connectivity index (χ1) is 7.85. The summed E-state index contributed by atoms with van der Waals surface area (Å²) in [5.74, 6) is 1.04. The molecule has 0 aromatic rings. The van der Waals surface area contributed by atoms with E-state index in [0.717, 1.165) is 24.5 Å². The van der Waals surface area contributed by atoms with Crippen LogP contribution in [-0.2, 0) is 0 Å². The minimum Gasteiger partial charge on any atom is -0.315 e. The molecule has 0 aromatic carbocycles. The van der Waals surface area contributed by atoms with E-state index in [1.165, 1.54) is 51.6 Å². The van der Waals surface area contributed by atoms with Crippen molar-refractivity contribution in [3.8, 4) is 0 Å². The maximum absolute atomic E-state index is 3.55. The molecule has 1 unspecified atom stereocenters. The summed E-state index contributed by atoms with van der Waals surface area (Å²) in [5, 5.41) is 3.55. The van der Waals surface area contributed by atoms with Gasteiger partial charge in [0.25, 0.3) is 0 Å². The molecule has 2 saturated carbocycles. The van der Waals surface area contributed by atoms with Crippen molar-refractivity contribution in [2.75, 3.05) is 19.6 Å². The lowest BCUT2D eigenvalue weighted by molar-refractivity contribution is 0.165. The molecule has 2 aliphatic rings. The first-order valence-corrected chi connectivity index (χ1v) is 7.31. The van der Waals surface area contributed by atoms with Crippen LogP contribution in [-0.4, -0.2) is 36.6 Å². The molecule has 0 saturated heterocycles. The highest BCUT2D eigenvalue weighted by Gasteiger charge is 2.36. The monoisotopic (exact) mass is 224 g/mol. The number of rotatable bonds is 9. The molecule has 0 heterocycles. The minimum absolute atomic E-state index is 0.804. The average molecular weight is 224 g/mol. The second-order valence-corrected chi connectivity index (χ2v) is 5.62. The normalized spacial score (nSPS) is 22.7. The Bertz CT molecular complexity index is 197. The van der Waals surface area contributed by atoms with Crippen LogP contribution in [0.25, 0.3) is 0 Å². The Balaban J connectivity index is 1.83. The highest BCUT2D eigenvalue weighted by atomic mass is 15.2. The summed E-state index contributed by atoms with van der Waals surface area (Å²) < 4.78 is 0. The first-order valence-electron chi connectivity index (χ1n) is 7.31. The molecule has 0 bridgehead atoms. The van der Waals surface area contributed by atoms with Crippen molar-refractivity contribution in [1.29, 1.82) is 0 Å². The van der Waals surface area contributed by atoms with E-state index in [2.05, 4.69) is 24.1 Å². The lowest BCUT2D eigenvalue weighted by Crippen LogP contribution is -2.44. The van der Waals surface area contributed by atoms with Gasteiger partial charge in [-0.05, 0) is 44.6 Å². The van der Waals surface area contributed by atoms with E-state index in [0.29, 0.717) is 0 Å². The van der Waals surface area contributed by atoms with Gasteiger partial charge < -0.3 is 5.32 Å². The largest absolute Gasteiger partial charge is 0.315 e. The zero-order chi connectivity index (χ0) is 11.4. The molecule has 0 aromatic heterocycles. The van der Waals surface area contributed by atoms with Gasteiger partial charge >= 0.3 is 0 Å². The third-order valence-corrected chi connectivity index (χ3v) is 3.90. The lowest BCUT2D eigenvalue weighted by atomic mass is 10.1. The van der Waals surface area contributed by atoms with Gasteiger partial charge in [0.15, 0.2) is 0 Å². The molecule has 1 N–H and O–H groups in total. The quantitative estimate of drug-likeness (QED) is 0.648. The summed E-state index contributed by atoms with van der Waals surface area (Å²) in [6.07, 6.45) is 8.59. The Morgan fingerprint density at radius 3 is 2.44 bits per heavy atom. The summed E-state index contributed by atoms with van der Waals surface area (Å²) >= 11 is 0. The van der Waals surface area contributed by atoms with Crippen LogP contribution in [0.1, 0.15) is 52.4 Å². The van der Waals surface area contributed by atoms with Gasteiger partial charge in [-0.15, -0.1) is 0 Å². The SMILES string of the molecule is CCCC(CNCC)N(CC1CC1)C1CC1. The third kappa shape index (κ3) is 3.74. The van der Waals surface area contributed by atoms with E-state index in [1.807, 2.05) is 0 Å². The second kappa shape index (κ2) is 6.02. The lowest BCUT2D eigenvalue weighted by Gasteiger charge is -2.32. The van der Waals surface area contributed by atoms with Crippen LogP contribution >= 0.6 is 0 Å². The van der Waals surface area contributed by atoms with Gasteiger partial charge in [0.05, 0.1) is 0 Å². The predicted molar refractivity (Wildman–Crippen MR) is 69.7 cm³/mol. The Morgan fingerprint density at radius 1 is 1.19 bits per heavy atom. The summed E-state index contributed by atoms with van der Waals surface area (Å²) in [6, 6.07) is 1.74. The van der Waals surface area contributed by atoms with Crippen LogP contribution in [0.3, 0.4) is 0 Å². The van der Waals surface area contributed by atoms with Crippen LogP contribution in [0.15, 0.2) is 0 Å². The fourth-order valence-electron chi connectivity index (χ4n) is 2.63. The van der Waals surface area contributed by atoms with E-state index >= 15 is 0 Å². The van der Waals surface area contributed by atoms with Crippen LogP contribution in [0, 0.1) is 5.92 Å². The fraction of sp³-hybridized carbons (Fsp3) is 1.00. The Hall–Kier alpha value is -0.0800. The van der Waals surface area contributed by atoms with Crippen LogP contribution in [0.4, 0.5) is 0 Å². The molecule has 94 valence electrons. The van der Waals surface area contributed by atoms with Crippen molar-refractivity contribution in [1.82, 2.24) is 10.2 Å². The molecule has 2 aliphatic carbocycles. The summed E-state index contributed by atoms with van der Waals surface area (Å²) in [7, 11) is 0. The number of likely N-dealkylation sites (N-methyl/N-ethyl adjacent to an activating group) is 1.